The van der Waals surface area contributed by atoms with Crippen LogP contribution in [0.15, 0.2) is 11.6 Å². The molecule has 0 aliphatic heterocycles. The molecule has 0 unspecified atom stereocenters. The van der Waals surface area contributed by atoms with E-state index in [0.29, 0.717) is 10.2 Å². The van der Waals surface area contributed by atoms with Gasteiger partial charge in [-0.1, -0.05) is 51.8 Å². The lowest BCUT2D eigenvalue weighted by molar-refractivity contribution is 0.170. The van der Waals surface area contributed by atoms with E-state index in [0.717, 1.165) is 12.0 Å². The first-order valence-corrected chi connectivity index (χ1v) is 7.10. The second-order valence-electron chi connectivity index (χ2n) is 4.31. The molecule has 0 heterocycles. The summed E-state index contributed by atoms with van der Waals surface area (Å²) in [4.78, 5) is 0.313. The van der Waals surface area contributed by atoms with Crippen molar-refractivity contribution in [2.75, 3.05) is 5.33 Å². The first kappa shape index (κ1) is 13.0. The second-order valence-corrected chi connectivity index (χ2v) is 6.59. The fourth-order valence-electron chi connectivity index (χ4n) is 1.64. The SMILES string of the molecule is CC1(C)C=C([C@H](Cl)CBr)[C@@H](O)C[C@H]1Br. The van der Waals surface area contributed by atoms with Gasteiger partial charge in [0, 0.05) is 10.2 Å². The summed E-state index contributed by atoms with van der Waals surface area (Å²) in [5.41, 5.74) is 1.01. The summed E-state index contributed by atoms with van der Waals surface area (Å²) in [7, 11) is 0. The smallest absolute Gasteiger partial charge is 0.0775 e. The third-order valence-electron chi connectivity index (χ3n) is 2.66. The van der Waals surface area contributed by atoms with E-state index in [4.69, 9.17) is 11.6 Å². The molecular weight excluding hydrogens is 331 g/mol. The summed E-state index contributed by atoms with van der Waals surface area (Å²) in [5.74, 6) is 0. The van der Waals surface area contributed by atoms with E-state index in [2.05, 4.69) is 51.8 Å². The molecule has 0 saturated carbocycles. The number of halogens is 3. The lowest BCUT2D eigenvalue weighted by Gasteiger charge is -2.37. The van der Waals surface area contributed by atoms with Crippen molar-refractivity contribution in [1.29, 1.82) is 0 Å². The highest BCUT2D eigenvalue weighted by atomic mass is 79.9. The highest BCUT2D eigenvalue weighted by molar-refractivity contribution is 9.09. The lowest BCUT2D eigenvalue weighted by Crippen LogP contribution is -2.36. The minimum Gasteiger partial charge on any atom is -0.389 e. The lowest BCUT2D eigenvalue weighted by atomic mass is 9.77. The van der Waals surface area contributed by atoms with Gasteiger partial charge in [-0.25, -0.2) is 0 Å². The maximum atomic E-state index is 9.87. The van der Waals surface area contributed by atoms with Crippen LogP contribution in [-0.2, 0) is 0 Å². The van der Waals surface area contributed by atoms with Crippen LogP contribution in [0.5, 0.6) is 0 Å². The molecule has 3 atom stereocenters. The fraction of sp³-hybridized carbons (Fsp3) is 0.800. The third kappa shape index (κ3) is 2.75. The molecule has 1 aliphatic carbocycles. The van der Waals surface area contributed by atoms with E-state index in [1.54, 1.807) is 0 Å². The summed E-state index contributed by atoms with van der Waals surface area (Å²) >= 11 is 13.0. The van der Waals surface area contributed by atoms with Gasteiger partial charge in [-0.2, -0.15) is 0 Å². The molecule has 0 saturated heterocycles. The molecule has 4 heteroatoms. The van der Waals surface area contributed by atoms with Gasteiger partial charge in [0.15, 0.2) is 0 Å². The molecule has 1 nitrogen and oxygen atoms in total. The van der Waals surface area contributed by atoms with E-state index in [1.165, 1.54) is 0 Å². The molecule has 1 N–H and O–H groups in total. The van der Waals surface area contributed by atoms with Gasteiger partial charge in [0.2, 0.25) is 0 Å². The molecule has 0 bridgehead atoms. The van der Waals surface area contributed by atoms with Crippen LogP contribution in [0.25, 0.3) is 0 Å². The standard InChI is InChI=1S/C10H15Br2ClO/c1-10(2)4-6(7(13)5-11)8(14)3-9(10)12/h4,7-9,14H,3,5H2,1-2H3/t7-,8+,9-/m1/s1. The molecule has 0 aromatic heterocycles. The fourth-order valence-corrected chi connectivity index (χ4v) is 2.71. The number of hydrogen-bond acceptors (Lipinski definition) is 1. The number of alkyl halides is 3. The highest BCUT2D eigenvalue weighted by Crippen LogP contribution is 2.40. The Morgan fingerprint density at radius 2 is 2.29 bits per heavy atom. The monoisotopic (exact) mass is 344 g/mol. The van der Waals surface area contributed by atoms with E-state index < -0.39 is 6.10 Å². The van der Waals surface area contributed by atoms with Gasteiger partial charge in [-0.05, 0) is 17.4 Å². The first-order valence-electron chi connectivity index (χ1n) is 4.63. The van der Waals surface area contributed by atoms with Crippen LogP contribution in [0.4, 0.5) is 0 Å². The van der Waals surface area contributed by atoms with Gasteiger partial charge < -0.3 is 5.11 Å². The quantitative estimate of drug-likeness (QED) is 0.600. The third-order valence-corrected chi connectivity index (χ3v) is 5.64. The zero-order chi connectivity index (χ0) is 10.9. The topological polar surface area (TPSA) is 20.2 Å². The Morgan fingerprint density at radius 1 is 1.71 bits per heavy atom. The zero-order valence-corrected chi connectivity index (χ0v) is 12.2. The van der Waals surface area contributed by atoms with Crippen molar-refractivity contribution in [2.45, 2.75) is 36.6 Å². The summed E-state index contributed by atoms with van der Waals surface area (Å²) in [6, 6.07) is 0. The number of aliphatic hydroxyl groups excluding tert-OH is 1. The van der Waals surface area contributed by atoms with Crippen molar-refractivity contribution in [3.8, 4) is 0 Å². The summed E-state index contributed by atoms with van der Waals surface area (Å²) in [6.45, 7) is 4.30. The van der Waals surface area contributed by atoms with Crippen LogP contribution in [0.2, 0.25) is 0 Å². The second kappa shape index (κ2) is 4.86. The number of aliphatic hydroxyl groups is 1. The number of allylic oxidation sites excluding steroid dienone is 1. The summed E-state index contributed by atoms with van der Waals surface area (Å²) in [5, 5.41) is 10.4. The number of rotatable bonds is 2. The van der Waals surface area contributed by atoms with Crippen molar-refractivity contribution < 1.29 is 5.11 Å². The minimum atomic E-state index is -0.410. The molecule has 0 spiro atoms. The van der Waals surface area contributed by atoms with E-state index in [1.807, 2.05) is 0 Å². The molecule has 1 aliphatic rings. The molecule has 0 aromatic carbocycles. The van der Waals surface area contributed by atoms with E-state index in [-0.39, 0.29) is 10.8 Å². The summed E-state index contributed by atoms with van der Waals surface area (Å²) < 4.78 is 0. The minimum absolute atomic E-state index is 0.0594. The van der Waals surface area contributed by atoms with Crippen LogP contribution in [-0.4, -0.2) is 26.7 Å². The average molecular weight is 346 g/mol. The molecule has 82 valence electrons. The maximum Gasteiger partial charge on any atom is 0.0775 e. The highest BCUT2D eigenvalue weighted by Gasteiger charge is 2.35. The number of hydrogen-bond donors (Lipinski definition) is 1. The van der Waals surface area contributed by atoms with Gasteiger partial charge in [-0.15, -0.1) is 11.6 Å². The van der Waals surface area contributed by atoms with Gasteiger partial charge in [-0.3, -0.25) is 0 Å². The van der Waals surface area contributed by atoms with Crippen LogP contribution >= 0.6 is 43.5 Å². The predicted octanol–water partition coefficient (Wildman–Crippen LogP) is 3.47. The molecule has 0 amide bonds. The Morgan fingerprint density at radius 3 is 2.79 bits per heavy atom. The molecule has 1 rings (SSSR count). The van der Waals surface area contributed by atoms with Crippen LogP contribution in [0, 0.1) is 5.41 Å². The average Bonchev–Trinajstić information content (AvgIpc) is 2.10. The van der Waals surface area contributed by atoms with Crippen molar-refractivity contribution >= 4 is 43.5 Å². The maximum absolute atomic E-state index is 9.87. The van der Waals surface area contributed by atoms with Crippen LogP contribution in [0.1, 0.15) is 20.3 Å². The van der Waals surface area contributed by atoms with Gasteiger partial charge in [0.25, 0.3) is 0 Å². The largest absolute Gasteiger partial charge is 0.389 e. The predicted molar refractivity (Wildman–Crippen MR) is 68.6 cm³/mol. The summed E-state index contributed by atoms with van der Waals surface area (Å²) in [6.07, 6.45) is 2.42. The van der Waals surface area contributed by atoms with Crippen LogP contribution < -0.4 is 0 Å². The molecule has 0 fully saturated rings. The molecular formula is C10H15Br2ClO. The van der Waals surface area contributed by atoms with Gasteiger partial charge in [0.05, 0.1) is 11.5 Å². The Hall–Kier alpha value is 0.950. The van der Waals surface area contributed by atoms with Crippen molar-refractivity contribution in [2.24, 2.45) is 5.41 Å². The Balaban J connectivity index is 2.93. The van der Waals surface area contributed by atoms with Crippen molar-refractivity contribution in [3.63, 3.8) is 0 Å². The normalized spacial score (nSPS) is 33.7. The van der Waals surface area contributed by atoms with Crippen molar-refractivity contribution in [1.82, 2.24) is 0 Å². The molecule has 0 aromatic rings. The molecule has 0 radical (unpaired) electrons. The van der Waals surface area contributed by atoms with E-state index >= 15 is 0 Å². The first-order chi connectivity index (χ1) is 6.38. The van der Waals surface area contributed by atoms with Gasteiger partial charge >= 0.3 is 0 Å². The Bertz CT molecular complexity index is 240. The Labute approximate surface area is 107 Å². The van der Waals surface area contributed by atoms with Gasteiger partial charge in [0.1, 0.15) is 0 Å². The van der Waals surface area contributed by atoms with E-state index in [9.17, 15) is 5.11 Å². The molecule has 14 heavy (non-hydrogen) atoms. The van der Waals surface area contributed by atoms with Crippen LogP contribution in [0.3, 0.4) is 0 Å². The van der Waals surface area contributed by atoms with Crippen molar-refractivity contribution in [3.05, 3.63) is 11.6 Å². The Kier molecular flexibility index (Phi) is 4.51. The zero-order valence-electron chi connectivity index (χ0n) is 8.30.